The minimum Gasteiger partial charge on any atom is -0.496 e. The number of benzene rings is 2. The van der Waals surface area contributed by atoms with Crippen molar-refractivity contribution in [3.8, 4) is 11.5 Å². The Kier molecular flexibility index (Phi) is 22.8. The normalized spacial score (nSPS) is 23.1. The van der Waals surface area contributed by atoms with E-state index < -0.39 is 36.0 Å². The lowest BCUT2D eigenvalue weighted by molar-refractivity contribution is -0.131. The zero-order valence-corrected chi connectivity index (χ0v) is 36.3. The van der Waals surface area contributed by atoms with Crippen molar-refractivity contribution in [3.63, 3.8) is 0 Å². The maximum atomic E-state index is 13.2. The van der Waals surface area contributed by atoms with Crippen LogP contribution in [0.1, 0.15) is 84.2 Å². The van der Waals surface area contributed by atoms with Crippen molar-refractivity contribution >= 4 is 23.8 Å². The lowest BCUT2D eigenvalue weighted by atomic mass is 9.93. The molecule has 0 spiro atoms. The maximum Gasteiger partial charge on any atom is 0.342 e. The molecule has 0 bridgehead atoms. The molecule has 2 aliphatic heterocycles. The number of rotatable bonds is 14. The number of carboxylic acid groups (broad SMARTS) is 1. The van der Waals surface area contributed by atoms with Gasteiger partial charge in [0.25, 0.3) is 0 Å². The van der Waals surface area contributed by atoms with Crippen molar-refractivity contribution in [1.82, 2.24) is 0 Å². The number of allylic oxidation sites excluding steroid dienone is 4. The first-order valence-corrected chi connectivity index (χ1v) is 20.4. The number of hydrogen-bond donors (Lipinski definition) is 1. The van der Waals surface area contributed by atoms with Crippen molar-refractivity contribution in [2.75, 3.05) is 42.0 Å². The second kappa shape index (κ2) is 28.0. The molecule has 0 radical (unpaired) electrons. The molecule has 0 aromatic heterocycles. The number of hydrogen-bond acceptors (Lipinski definition) is 12. The van der Waals surface area contributed by atoms with Gasteiger partial charge in [0.2, 0.25) is 5.91 Å². The first kappa shape index (κ1) is 50.6. The molecule has 62 heavy (non-hydrogen) atoms. The summed E-state index contributed by atoms with van der Waals surface area (Å²) in [5.41, 5.74) is 10.8. The summed E-state index contributed by atoms with van der Waals surface area (Å²) in [6.07, 6.45) is 15.9. The molecule has 0 saturated carbocycles. The van der Waals surface area contributed by atoms with Gasteiger partial charge < -0.3 is 43.0 Å². The number of carboxylic acids is 1. The van der Waals surface area contributed by atoms with Gasteiger partial charge in [-0.15, -0.1) is 0 Å². The molecule has 2 aromatic rings. The molecule has 2 heterocycles. The Morgan fingerprint density at radius 3 is 1.60 bits per heavy atom. The lowest BCUT2D eigenvalue weighted by Crippen LogP contribution is -2.31. The summed E-state index contributed by atoms with van der Waals surface area (Å²) in [4.78, 5) is 51.0. The molecule has 1 amide bonds. The second-order valence-electron chi connectivity index (χ2n) is 14.7. The average molecular weight is 862 g/mol. The molecule has 6 atom stereocenters. The molecule has 0 aliphatic carbocycles. The molecular weight excluding hydrogens is 803 g/mol. The largest absolute Gasteiger partial charge is 0.496 e. The summed E-state index contributed by atoms with van der Waals surface area (Å²) in [6, 6.07) is 10.9. The van der Waals surface area contributed by atoms with Crippen LogP contribution in [0.3, 0.4) is 0 Å². The first-order chi connectivity index (χ1) is 29.9. The Balaban J connectivity index is 0.000000331. The molecule has 4 rings (SSSR count). The van der Waals surface area contributed by atoms with E-state index in [4.69, 9.17) is 48.5 Å². The van der Waals surface area contributed by atoms with Crippen LogP contribution in [0, 0.1) is 11.8 Å². The van der Waals surface area contributed by atoms with Crippen LogP contribution in [0.5, 0.6) is 11.5 Å². The zero-order valence-electron chi connectivity index (χ0n) is 36.3. The first-order valence-electron chi connectivity index (χ1n) is 20.4. The summed E-state index contributed by atoms with van der Waals surface area (Å²) in [5, 5.41) is 11.9. The van der Waals surface area contributed by atoms with E-state index in [0.717, 1.165) is 36.1 Å². The number of carbonyl (C=O) groups excluding carboxylic acids is 3. The predicted molar refractivity (Wildman–Crippen MR) is 230 cm³/mol. The molecule has 0 fully saturated rings. The van der Waals surface area contributed by atoms with Gasteiger partial charge >= 0.3 is 17.9 Å². The predicted octanol–water partition coefficient (Wildman–Crippen LogP) is 8.29. The maximum absolute atomic E-state index is 13.2. The number of azide groups is 1. The Bertz CT molecular complexity index is 1940. The van der Waals surface area contributed by atoms with Crippen molar-refractivity contribution in [1.29, 1.82) is 0 Å². The molecule has 2 aromatic carbocycles. The van der Waals surface area contributed by atoms with Crippen LogP contribution < -0.4 is 9.47 Å². The minimum atomic E-state index is -1.05. The van der Waals surface area contributed by atoms with E-state index in [-0.39, 0.29) is 50.5 Å². The number of nitrogens with zero attached hydrogens (tertiary/aromatic N) is 3. The number of methoxy groups -OCH3 is 4. The van der Waals surface area contributed by atoms with Crippen LogP contribution in [-0.2, 0) is 50.9 Å². The second-order valence-corrected chi connectivity index (χ2v) is 14.7. The fourth-order valence-electron chi connectivity index (χ4n) is 6.93. The number of fused-ring (bicyclic) bond motifs is 2. The third-order valence-electron chi connectivity index (χ3n) is 10.2. The van der Waals surface area contributed by atoms with Gasteiger partial charge in [-0.05, 0) is 77.5 Å². The third kappa shape index (κ3) is 16.9. The van der Waals surface area contributed by atoms with Gasteiger partial charge in [0.05, 0.1) is 26.4 Å². The summed E-state index contributed by atoms with van der Waals surface area (Å²) in [5.74, 6) is -1.59. The quantitative estimate of drug-likeness (QED) is 0.0361. The molecule has 0 saturated heterocycles. The van der Waals surface area contributed by atoms with Gasteiger partial charge in [-0.3, -0.25) is 4.79 Å². The van der Waals surface area contributed by atoms with Gasteiger partial charge in [-0.25, -0.2) is 14.4 Å². The highest BCUT2D eigenvalue weighted by molar-refractivity contribution is 5.95. The topological polar surface area (TPSA) is 211 Å². The van der Waals surface area contributed by atoms with Gasteiger partial charge in [0.1, 0.15) is 48.4 Å². The van der Waals surface area contributed by atoms with Crippen LogP contribution in [-0.4, -0.2) is 95.4 Å². The van der Waals surface area contributed by atoms with E-state index in [9.17, 15) is 19.2 Å². The van der Waals surface area contributed by atoms with Crippen LogP contribution in [0.15, 0.2) is 90.1 Å². The third-order valence-corrected chi connectivity index (χ3v) is 10.2. The van der Waals surface area contributed by atoms with Gasteiger partial charge in [0, 0.05) is 50.9 Å². The molecule has 2 aliphatic rings. The monoisotopic (exact) mass is 861 g/mol. The highest BCUT2D eigenvalue weighted by Crippen LogP contribution is 2.30. The van der Waals surface area contributed by atoms with Crippen molar-refractivity contribution < 1.29 is 62.2 Å². The lowest BCUT2D eigenvalue weighted by Gasteiger charge is -2.28. The SMILES string of the molecule is COCO[C@@H]1C[C@H](C/C=C/C(=O)N=[N+]=[N-])OC(=O)c2c(cccc2OC)C/C=C/C[C@@H]1C.COCO[C@@H]1C[C@H](C/C=C/C(=O)O)OC(=O)c2c(cccc2OC)C/C=C/C[C@@H]1C. The smallest absolute Gasteiger partial charge is 0.342 e. The van der Waals surface area contributed by atoms with E-state index in [1.54, 1.807) is 26.4 Å². The minimum absolute atomic E-state index is 0.112. The number of carbonyl (C=O) groups is 4. The Morgan fingerprint density at radius 2 is 1.19 bits per heavy atom. The molecule has 336 valence electrons. The zero-order chi connectivity index (χ0) is 45.3. The van der Waals surface area contributed by atoms with Crippen LogP contribution >= 0.6 is 0 Å². The van der Waals surface area contributed by atoms with Crippen molar-refractivity contribution in [2.24, 2.45) is 17.0 Å². The molecular formula is C46H59N3O13. The van der Waals surface area contributed by atoms with E-state index in [0.29, 0.717) is 48.3 Å². The number of amides is 1. The Hall–Kier alpha value is -5.77. The standard InChI is InChI=1S/C23H29N3O6.C23H30O7/c1-16-8-4-5-9-17-10-6-12-19(30-3)22(17)23(28)32-18(14-20(16)31-15-29-2)11-7-13-21(27)25-26-24;1-16-8-4-5-9-17-10-6-12-19(28-3)22(17)23(26)30-18(11-7-13-21(24)25)14-20(16)29-15-27-2/h4-7,10,12-13,16,18,20H,8-9,11,14-15H2,1-3H3;4-7,10,12-13,16,18,20H,8-9,11,14-15H2,1-3H3,(H,24,25)/b2*5-4+,13-7+/t2*16-,18-,20+/m00/s1. The molecule has 16 heteroatoms. The van der Waals surface area contributed by atoms with E-state index in [1.165, 1.54) is 26.4 Å². The van der Waals surface area contributed by atoms with E-state index in [2.05, 4.69) is 36.0 Å². The molecule has 0 unspecified atom stereocenters. The van der Waals surface area contributed by atoms with E-state index >= 15 is 0 Å². The number of esters is 2. The Labute approximate surface area is 363 Å². The highest BCUT2D eigenvalue weighted by atomic mass is 16.7. The molecule has 1 N–H and O–H groups in total. The van der Waals surface area contributed by atoms with Gasteiger partial charge in [-0.2, -0.15) is 0 Å². The number of ether oxygens (including phenoxy) is 8. The van der Waals surface area contributed by atoms with Crippen molar-refractivity contribution in [2.45, 2.75) is 89.6 Å². The fraction of sp³-hybridized carbons (Fsp3) is 0.478. The number of aliphatic carboxylic acids is 1. The van der Waals surface area contributed by atoms with Gasteiger partial charge in [-0.1, -0.05) is 74.6 Å². The fourth-order valence-corrected chi connectivity index (χ4v) is 6.93. The average Bonchev–Trinajstić information content (AvgIpc) is 3.25. The van der Waals surface area contributed by atoms with Crippen molar-refractivity contribution in [3.05, 3.63) is 118 Å². The van der Waals surface area contributed by atoms with Crippen LogP contribution in [0.4, 0.5) is 0 Å². The van der Waals surface area contributed by atoms with Crippen LogP contribution in [0.2, 0.25) is 0 Å². The Morgan fingerprint density at radius 1 is 0.742 bits per heavy atom. The summed E-state index contributed by atoms with van der Waals surface area (Å²) in [7, 11) is 6.12. The summed E-state index contributed by atoms with van der Waals surface area (Å²) < 4.78 is 44.3. The van der Waals surface area contributed by atoms with E-state index in [1.807, 2.05) is 36.4 Å². The van der Waals surface area contributed by atoms with Gasteiger partial charge in [0.15, 0.2) is 0 Å². The number of cyclic esters (lactones) is 2. The highest BCUT2D eigenvalue weighted by Gasteiger charge is 2.29. The summed E-state index contributed by atoms with van der Waals surface area (Å²) in [6.45, 7) is 4.37. The summed E-state index contributed by atoms with van der Waals surface area (Å²) >= 11 is 0. The molecule has 16 nitrogen and oxygen atoms in total. The van der Waals surface area contributed by atoms with Crippen LogP contribution in [0.25, 0.3) is 10.4 Å².